The monoisotopic (exact) mass is 314 g/mol. The third kappa shape index (κ3) is 4.38. The zero-order chi connectivity index (χ0) is 16.8. The Hall–Kier alpha value is -2.22. The second-order valence-corrected chi connectivity index (χ2v) is 6.37. The Morgan fingerprint density at radius 1 is 1.48 bits per heavy atom. The quantitative estimate of drug-likeness (QED) is 0.617. The van der Waals surface area contributed by atoms with Gasteiger partial charge in [-0.25, -0.2) is 4.99 Å². The Balaban J connectivity index is 2.42. The fourth-order valence-corrected chi connectivity index (χ4v) is 2.61. The Morgan fingerprint density at radius 3 is 2.91 bits per heavy atom. The van der Waals surface area contributed by atoms with E-state index in [2.05, 4.69) is 29.8 Å². The molecule has 0 radical (unpaired) electrons. The molecule has 23 heavy (non-hydrogen) atoms. The van der Waals surface area contributed by atoms with Gasteiger partial charge in [0.2, 0.25) is 0 Å². The summed E-state index contributed by atoms with van der Waals surface area (Å²) < 4.78 is 5.98. The standard InChI is InChI=1S/C18H26N4O/c1-5-6-7-22-11-14(2)12-23-18-9-16(20-13-21(3)4)15(10-19)8-17(18)22/h8-9,13-14H,5-7,11-12H2,1-4H3. The van der Waals surface area contributed by atoms with Crippen LogP contribution in [0.3, 0.4) is 0 Å². The van der Waals surface area contributed by atoms with Gasteiger partial charge in [-0.2, -0.15) is 5.26 Å². The van der Waals surface area contributed by atoms with Gasteiger partial charge in [0.1, 0.15) is 11.8 Å². The highest BCUT2D eigenvalue weighted by Crippen LogP contribution is 2.38. The average molecular weight is 314 g/mol. The minimum Gasteiger partial charge on any atom is -0.491 e. The van der Waals surface area contributed by atoms with Crippen molar-refractivity contribution in [2.24, 2.45) is 10.9 Å². The number of benzene rings is 1. The first-order chi connectivity index (χ1) is 11.0. The van der Waals surface area contributed by atoms with Crippen molar-refractivity contribution in [2.45, 2.75) is 26.7 Å². The minimum atomic E-state index is 0.457. The SMILES string of the molecule is CCCCN1CC(C)COc2cc(N=CN(C)C)c(C#N)cc21. The van der Waals surface area contributed by atoms with Crippen molar-refractivity contribution < 1.29 is 4.74 Å². The molecule has 5 heteroatoms. The van der Waals surface area contributed by atoms with Crippen molar-refractivity contribution in [1.82, 2.24) is 4.90 Å². The first-order valence-corrected chi connectivity index (χ1v) is 8.21. The van der Waals surface area contributed by atoms with Gasteiger partial charge in [-0.1, -0.05) is 20.3 Å². The van der Waals surface area contributed by atoms with Crippen LogP contribution in [0.1, 0.15) is 32.3 Å². The summed E-state index contributed by atoms with van der Waals surface area (Å²) in [5.74, 6) is 1.29. The van der Waals surface area contributed by atoms with E-state index in [1.54, 1.807) is 6.34 Å². The van der Waals surface area contributed by atoms with E-state index in [9.17, 15) is 5.26 Å². The zero-order valence-corrected chi connectivity index (χ0v) is 14.5. The Labute approximate surface area is 139 Å². The van der Waals surface area contributed by atoms with Gasteiger partial charge in [0.15, 0.2) is 0 Å². The molecule has 124 valence electrons. The van der Waals surface area contributed by atoms with Gasteiger partial charge >= 0.3 is 0 Å². The van der Waals surface area contributed by atoms with E-state index in [4.69, 9.17) is 4.74 Å². The van der Waals surface area contributed by atoms with Gasteiger partial charge in [0, 0.05) is 39.2 Å². The Kier molecular flexibility index (Phi) is 5.86. The molecule has 0 saturated carbocycles. The number of nitrogens with zero attached hydrogens (tertiary/aromatic N) is 4. The second kappa shape index (κ2) is 7.87. The first-order valence-electron chi connectivity index (χ1n) is 8.21. The van der Waals surface area contributed by atoms with Crippen molar-refractivity contribution in [1.29, 1.82) is 5.26 Å². The van der Waals surface area contributed by atoms with Crippen molar-refractivity contribution in [3.63, 3.8) is 0 Å². The Bertz CT molecular complexity index is 604. The maximum atomic E-state index is 9.47. The predicted molar refractivity (Wildman–Crippen MR) is 94.8 cm³/mol. The van der Waals surface area contributed by atoms with Gasteiger partial charge < -0.3 is 14.5 Å². The fourth-order valence-electron chi connectivity index (χ4n) is 2.61. The maximum Gasteiger partial charge on any atom is 0.144 e. The van der Waals surface area contributed by atoms with Crippen LogP contribution in [-0.2, 0) is 0 Å². The van der Waals surface area contributed by atoms with Crippen molar-refractivity contribution in [2.75, 3.05) is 38.7 Å². The molecule has 1 atom stereocenters. The van der Waals surface area contributed by atoms with Crippen LogP contribution in [0.4, 0.5) is 11.4 Å². The van der Waals surface area contributed by atoms with E-state index in [0.29, 0.717) is 23.8 Å². The number of hydrogen-bond acceptors (Lipinski definition) is 4. The minimum absolute atomic E-state index is 0.457. The average Bonchev–Trinajstić information content (AvgIpc) is 2.68. The van der Waals surface area contributed by atoms with E-state index in [1.165, 1.54) is 0 Å². The summed E-state index contributed by atoms with van der Waals surface area (Å²) in [6.45, 7) is 7.03. The fraction of sp³-hybridized carbons (Fsp3) is 0.556. The highest BCUT2D eigenvalue weighted by molar-refractivity contribution is 5.73. The highest BCUT2D eigenvalue weighted by Gasteiger charge is 2.22. The van der Waals surface area contributed by atoms with Crippen LogP contribution in [-0.4, -0.2) is 45.0 Å². The molecular formula is C18H26N4O. The molecule has 1 aliphatic rings. The van der Waals surface area contributed by atoms with Crippen LogP contribution in [0.2, 0.25) is 0 Å². The molecule has 1 aromatic rings. The molecule has 0 amide bonds. The third-order valence-electron chi connectivity index (χ3n) is 3.80. The molecule has 0 aliphatic carbocycles. The normalized spacial score (nSPS) is 17.3. The molecule has 0 bridgehead atoms. The highest BCUT2D eigenvalue weighted by atomic mass is 16.5. The molecule has 1 unspecified atom stereocenters. The molecule has 0 aromatic heterocycles. The van der Waals surface area contributed by atoms with E-state index >= 15 is 0 Å². The zero-order valence-electron chi connectivity index (χ0n) is 14.5. The summed E-state index contributed by atoms with van der Waals surface area (Å²) in [4.78, 5) is 8.60. The second-order valence-electron chi connectivity index (χ2n) is 6.37. The van der Waals surface area contributed by atoms with Gasteiger partial charge in [-0.15, -0.1) is 0 Å². The molecular weight excluding hydrogens is 288 g/mol. The van der Waals surface area contributed by atoms with Crippen LogP contribution in [0.15, 0.2) is 17.1 Å². The van der Waals surface area contributed by atoms with Gasteiger partial charge in [-0.05, 0) is 12.5 Å². The van der Waals surface area contributed by atoms with Crippen LogP contribution in [0, 0.1) is 17.2 Å². The number of fused-ring (bicyclic) bond motifs is 1. The van der Waals surface area contributed by atoms with Crippen LogP contribution < -0.4 is 9.64 Å². The van der Waals surface area contributed by atoms with E-state index in [-0.39, 0.29) is 0 Å². The molecule has 2 rings (SSSR count). The Morgan fingerprint density at radius 2 is 2.26 bits per heavy atom. The van der Waals surface area contributed by atoms with E-state index in [0.717, 1.165) is 37.4 Å². The lowest BCUT2D eigenvalue weighted by Gasteiger charge is -2.25. The number of rotatable bonds is 5. The summed E-state index contributed by atoms with van der Waals surface area (Å²) in [7, 11) is 3.81. The number of anilines is 1. The molecule has 0 spiro atoms. The van der Waals surface area contributed by atoms with Crippen LogP contribution >= 0.6 is 0 Å². The lowest BCUT2D eigenvalue weighted by atomic mass is 10.1. The maximum absolute atomic E-state index is 9.47. The first kappa shape index (κ1) is 17.1. The van der Waals surface area contributed by atoms with E-state index < -0.39 is 0 Å². The molecule has 0 saturated heterocycles. The lowest BCUT2D eigenvalue weighted by molar-refractivity contribution is 0.273. The summed E-state index contributed by atoms with van der Waals surface area (Å²) in [5, 5.41) is 9.47. The summed E-state index contributed by atoms with van der Waals surface area (Å²) in [5.41, 5.74) is 2.26. The summed E-state index contributed by atoms with van der Waals surface area (Å²) in [6.07, 6.45) is 3.99. The van der Waals surface area contributed by atoms with Crippen LogP contribution in [0.5, 0.6) is 5.75 Å². The van der Waals surface area contributed by atoms with Crippen LogP contribution in [0.25, 0.3) is 0 Å². The number of aliphatic imine (C=N–C) groups is 1. The number of nitriles is 1. The molecule has 1 heterocycles. The lowest BCUT2D eigenvalue weighted by Crippen LogP contribution is -2.29. The molecule has 0 fully saturated rings. The number of ether oxygens (including phenoxy) is 1. The third-order valence-corrected chi connectivity index (χ3v) is 3.80. The largest absolute Gasteiger partial charge is 0.491 e. The van der Waals surface area contributed by atoms with Crippen molar-refractivity contribution in [3.8, 4) is 11.8 Å². The van der Waals surface area contributed by atoms with Gasteiger partial charge in [-0.3, -0.25) is 0 Å². The van der Waals surface area contributed by atoms with Crippen molar-refractivity contribution >= 4 is 17.7 Å². The smallest absolute Gasteiger partial charge is 0.144 e. The molecule has 1 aliphatic heterocycles. The topological polar surface area (TPSA) is 51.9 Å². The van der Waals surface area contributed by atoms with Gasteiger partial charge in [0.25, 0.3) is 0 Å². The molecule has 1 aromatic carbocycles. The molecule has 5 nitrogen and oxygen atoms in total. The predicted octanol–water partition coefficient (Wildman–Crippen LogP) is 3.41. The number of hydrogen-bond donors (Lipinski definition) is 0. The summed E-state index contributed by atoms with van der Waals surface area (Å²) in [6, 6.07) is 6.08. The van der Waals surface area contributed by atoms with E-state index in [1.807, 2.05) is 31.1 Å². The summed E-state index contributed by atoms with van der Waals surface area (Å²) >= 11 is 0. The van der Waals surface area contributed by atoms with Crippen molar-refractivity contribution in [3.05, 3.63) is 17.7 Å². The number of unbranched alkanes of at least 4 members (excludes halogenated alkanes) is 1. The molecule has 0 N–H and O–H groups in total. The van der Waals surface area contributed by atoms with Gasteiger partial charge in [0.05, 0.1) is 29.9 Å².